The number of aryl methyl sites for hydroxylation is 1. The highest BCUT2D eigenvalue weighted by molar-refractivity contribution is 6.99. The third kappa shape index (κ3) is 6.17. The van der Waals surface area contributed by atoms with Crippen molar-refractivity contribution in [1.82, 2.24) is 0 Å². The van der Waals surface area contributed by atoms with Crippen molar-refractivity contribution in [2.45, 2.75) is 112 Å². The minimum absolute atomic E-state index is 0.0215. The van der Waals surface area contributed by atoms with Crippen LogP contribution in [0.4, 0.5) is 34.1 Å². The summed E-state index contributed by atoms with van der Waals surface area (Å²) in [5.74, 6) is 0. The van der Waals surface area contributed by atoms with E-state index in [1.54, 1.807) is 0 Å². The van der Waals surface area contributed by atoms with Crippen LogP contribution in [0.3, 0.4) is 0 Å². The molecule has 5 heteroatoms. The van der Waals surface area contributed by atoms with Gasteiger partial charge >= 0.3 is 6.71 Å². The van der Waals surface area contributed by atoms with Crippen LogP contribution in [0.5, 0.6) is 0 Å². The summed E-state index contributed by atoms with van der Waals surface area (Å²) in [6.45, 7) is 29.3. The number of para-hydroxylation sites is 3. The first-order valence-corrected chi connectivity index (χ1v) is 22.4. The van der Waals surface area contributed by atoms with E-state index in [0.29, 0.717) is 0 Å². The molecule has 0 atom stereocenters. The number of hydrogen-bond donors (Lipinski definition) is 0. The first-order valence-electron chi connectivity index (χ1n) is 22.4. The van der Waals surface area contributed by atoms with Crippen LogP contribution >= 0.6 is 0 Å². The van der Waals surface area contributed by atoms with Crippen molar-refractivity contribution in [3.8, 4) is 11.1 Å². The molecule has 0 radical (unpaired) electrons. The highest BCUT2D eigenvalue weighted by Gasteiger charge is 2.50. The second-order valence-electron chi connectivity index (χ2n) is 22.0. The Morgan fingerprint density at radius 2 is 0.919 bits per heavy atom. The van der Waals surface area contributed by atoms with Gasteiger partial charge in [-0.2, -0.15) is 0 Å². The molecule has 0 saturated carbocycles. The number of furan rings is 2. The predicted octanol–water partition coefficient (Wildman–Crippen LogP) is 14.4. The number of benzene rings is 6. The third-order valence-electron chi connectivity index (χ3n) is 13.3. The average molecular weight is 815 g/mol. The van der Waals surface area contributed by atoms with E-state index >= 15 is 0 Å². The Labute approximate surface area is 368 Å². The van der Waals surface area contributed by atoms with Crippen molar-refractivity contribution >= 4 is 79.6 Å². The highest BCUT2D eigenvalue weighted by Crippen LogP contribution is 2.52. The Morgan fingerprint density at radius 3 is 1.42 bits per heavy atom. The lowest BCUT2D eigenvalue weighted by atomic mass is 9.37. The Bertz CT molecular complexity index is 3060. The van der Waals surface area contributed by atoms with Crippen LogP contribution in [0.2, 0.25) is 0 Å². The van der Waals surface area contributed by atoms with Crippen molar-refractivity contribution in [2.75, 3.05) is 9.80 Å². The van der Waals surface area contributed by atoms with Crippen LogP contribution in [0, 0.1) is 6.92 Å². The third-order valence-corrected chi connectivity index (χ3v) is 13.3. The standard InChI is InChI=1S/C57H59BN2O2/c1-34-32-45-47-46(33-34)60(44-23-15-14-18-39(44)35-24-26-36(27-25-35)54(2,3)4)49-41-20-17-22-43(57(11,12)13)51(41)62-53(49)58(47)52-48(40-19-16-21-42(50(40)61-52)56(8,9)10)59(45)38-30-28-37(29-31-38)55(5,6)7/h14-33H,1-13H3. The van der Waals surface area contributed by atoms with Crippen LogP contribution in [0.15, 0.2) is 130 Å². The van der Waals surface area contributed by atoms with Crippen molar-refractivity contribution in [3.63, 3.8) is 0 Å². The fraction of sp³-hybridized carbons (Fsp3) is 0.298. The summed E-state index contributed by atoms with van der Waals surface area (Å²) < 4.78 is 15.0. The minimum Gasteiger partial charge on any atom is -0.468 e. The molecule has 62 heavy (non-hydrogen) atoms. The van der Waals surface area contributed by atoms with Gasteiger partial charge in [0.1, 0.15) is 22.5 Å². The van der Waals surface area contributed by atoms with Gasteiger partial charge in [0.25, 0.3) is 0 Å². The Hall–Kier alpha value is -5.94. The van der Waals surface area contributed by atoms with Gasteiger partial charge in [0.15, 0.2) is 0 Å². The molecule has 8 aromatic rings. The lowest BCUT2D eigenvalue weighted by Crippen LogP contribution is -2.60. The number of fused-ring (bicyclic) bond motifs is 8. The van der Waals surface area contributed by atoms with E-state index < -0.39 is 0 Å². The summed E-state index contributed by atoms with van der Waals surface area (Å²) in [7, 11) is 0. The molecule has 4 nitrogen and oxygen atoms in total. The predicted molar refractivity (Wildman–Crippen MR) is 265 cm³/mol. The lowest BCUT2D eigenvalue weighted by molar-refractivity contribution is 0.566. The monoisotopic (exact) mass is 814 g/mol. The number of anilines is 6. The maximum Gasteiger partial charge on any atom is 0.342 e. The van der Waals surface area contributed by atoms with Crippen molar-refractivity contribution in [2.24, 2.45) is 0 Å². The van der Waals surface area contributed by atoms with E-state index in [-0.39, 0.29) is 28.4 Å². The highest BCUT2D eigenvalue weighted by atomic mass is 16.3. The van der Waals surface area contributed by atoms with Gasteiger partial charge in [-0.05, 0) is 98.8 Å². The molecule has 0 unspecified atom stereocenters. The van der Waals surface area contributed by atoms with E-state index in [2.05, 4.69) is 221 Å². The molecule has 0 N–H and O–H groups in total. The van der Waals surface area contributed by atoms with E-state index in [1.165, 1.54) is 44.4 Å². The first-order chi connectivity index (χ1) is 29.2. The van der Waals surface area contributed by atoms with Gasteiger partial charge in [-0.1, -0.05) is 162 Å². The molecule has 2 aliphatic heterocycles. The van der Waals surface area contributed by atoms with Gasteiger partial charge in [0, 0.05) is 44.5 Å². The molecule has 2 aromatic heterocycles. The number of rotatable bonds is 3. The van der Waals surface area contributed by atoms with Gasteiger partial charge in [-0.25, -0.2) is 0 Å². The van der Waals surface area contributed by atoms with Crippen LogP contribution in [-0.4, -0.2) is 6.71 Å². The van der Waals surface area contributed by atoms with Gasteiger partial charge < -0.3 is 18.6 Å². The molecular weight excluding hydrogens is 755 g/mol. The molecular formula is C57H59BN2O2. The zero-order valence-corrected chi connectivity index (χ0v) is 38.8. The van der Waals surface area contributed by atoms with Crippen LogP contribution < -0.4 is 26.6 Å². The summed E-state index contributed by atoms with van der Waals surface area (Å²) in [6, 6.07) is 45.4. The maximum atomic E-state index is 7.50. The summed E-state index contributed by atoms with van der Waals surface area (Å²) in [5, 5.41) is 2.22. The number of nitrogens with zero attached hydrogens (tertiary/aromatic N) is 2. The summed E-state index contributed by atoms with van der Waals surface area (Å²) >= 11 is 0. The molecule has 4 heterocycles. The Morgan fingerprint density at radius 1 is 0.452 bits per heavy atom. The molecule has 0 aliphatic carbocycles. The second-order valence-corrected chi connectivity index (χ2v) is 22.0. The zero-order chi connectivity index (χ0) is 43.8. The molecule has 0 saturated heterocycles. The van der Waals surface area contributed by atoms with Crippen LogP contribution in [-0.2, 0) is 21.7 Å². The van der Waals surface area contributed by atoms with Crippen molar-refractivity contribution in [3.05, 3.63) is 149 Å². The van der Waals surface area contributed by atoms with Gasteiger partial charge in [0.05, 0.1) is 17.1 Å². The fourth-order valence-electron chi connectivity index (χ4n) is 10.0. The Balaban J connectivity index is 1.34. The van der Waals surface area contributed by atoms with Crippen molar-refractivity contribution in [1.29, 1.82) is 0 Å². The molecule has 6 aromatic carbocycles. The van der Waals surface area contributed by atoms with Crippen LogP contribution in [0.1, 0.15) is 111 Å². The topological polar surface area (TPSA) is 32.8 Å². The first kappa shape index (κ1) is 40.2. The van der Waals surface area contributed by atoms with E-state index in [1.807, 2.05) is 0 Å². The Kier molecular flexibility index (Phi) is 8.76. The van der Waals surface area contributed by atoms with Gasteiger partial charge in [-0.3, -0.25) is 0 Å². The molecule has 0 spiro atoms. The van der Waals surface area contributed by atoms with Crippen molar-refractivity contribution < 1.29 is 8.83 Å². The van der Waals surface area contributed by atoms with E-state index in [4.69, 9.17) is 8.83 Å². The maximum absolute atomic E-state index is 7.50. The van der Waals surface area contributed by atoms with Gasteiger partial charge in [0.2, 0.25) is 0 Å². The zero-order valence-electron chi connectivity index (χ0n) is 38.8. The molecule has 0 fully saturated rings. The van der Waals surface area contributed by atoms with E-state index in [0.717, 1.165) is 67.4 Å². The fourth-order valence-corrected chi connectivity index (χ4v) is 10.0. The summed E-state index contributed by atoms with van der Waals surface area (Å²) in [5.41, 5.74) is 19.8. The average Bonchev–Trinajstić information content (AvgIpc) is 3.79. The molecule has 0 amide bonds. The molecule has 2 aliphatic rings. The molecule has 0 bridgehead atoms. The number of hydrogen-bond acceptors (Lipinski definition) is 4. The van der Waals surface area contributed by atoms with Gasteiger partial charge in [-0.15, -0.1) is 0 Å². The SMILES string of the molecule is Cc1cc2c3c(c1)N(c1ccccc1-c1ccc(C(C)(C)C)cc1)c1c(oc4c(C(C)(C)C)cccc14)B3c1oc3c(C(C)(C)C)cccc3c1N2c1ccc(C(C)(C)C)cc1. The van der Waals surface area contributed by atoms with E-state index in [9.17, 15) is 0 Å². The lowest BCUT2D eigenvalue weighted by Gasteiger charge is -2.41. The summed E-state index contributed by atoms with van der Waals surface area (Å²) in [4.78, 5) is 4.99. The largest absolute Gasteiger partial charge is 0.468 e. The summed E-state index contributed by atoms with van der Waals surface area (Å²) in [6.07, 6.45) is 0. The van der Waals surface area contributed by atoms with Crippen LogP contribution in [0.25, 0.3) is 33.1 Å². The quantitative estimate of drug-likeness (QED) is 0.166. The normalized spacial score (nSPS) is 14.1. The molecule has 10 rings (SSSR count). The minimum atomic E-state index is -0.300. The smallest absolute Gasteiger partial charge is 0.342 e. The molecule has 312 valence electrons. The second kappa shape index (κ2) is 13.5.